The summed E-state index contributed by atoms with van der Waals surface area (Å²) in [6.07, 6.45) is 19.2. The average molecular weight is 671 g/mol. The zero-order valence-corrected chi connectivity index (χ0v) is 28.5. The second-order valence-electron chi connectivity index (χ2n) is 14.6. The van der Waals surface area contributed by atoms with Gasteiger partial charge in [0.15, 0.2) is 0 Å². The molecule has 3 atom stereocenters. The predicted octanol–water partition coefficient (Wildman–Crippen LogP) is 12.3. The van der Waals surface area contributed by atoms with E-state index in [-0.39, 0.29) is 18.0 Å². The summed E-state index contributed by atoms with van der Waals surface area (Å²) in [7, 11) is 0. The topological polar surface area (TPSA) is 34.5 Å². The first-order chi connectivity index (χ1) is 25.8. The van der Waals surface area contributed by atoms with Gasteiger partial charge in [-0.15, -0.1) is 0 Å². The summed E-state index contributed by atoms with van der Waals surface area (Å²) < 4.78 is 15.6. The van der Waals surface area contributed by atoms with Gasteiger partial charge in [0, 0.05) is 55.5 Å². The molecule has 12 rings (SSSR count). The number of aromatic nitrogens is 1. The van der Waals surface area contributed by atoms with E-state index < -0.39 is 0 Å². The predicted molar refractivity (Wildman–Crippen MR) is 213 cm³/mol. The highest BCUT2D eigenvalue weighted by Gasteiger charge is 2.44. The van der Waals surface area contributed by atoms with Gasteiger partial charge in [-0.2, -0.15) is 0 Å². The van der Waals surface area contributed by atoms with E-state index in [0.717, 1.165) is 41.8 Å². The molecule has 4 aliphatic rings. The van der Waals surface area contributed by atoms with Gasteiger partial charge < -0.3 is 18.3 Å². The molecule has 0 radical (unpaired) electrons. The third-order valence-electron chi connectivity index (χ3n) is 12.0. The lowest BCUT2D eigenvalue weighted by molar-refractivity contribution is 0.580. The molecule has 4 nitrogen and oxygen atoms in total. The van der Waals surface area contributed by atoms with Gasteiger partial charge in [-0.25, -0.2) is 0 Å². The number of anilines is 1. The average Bonchev–Trinajstić information content (AvgIpc) is 3.95. The van der Waals surface area contributed by atoms with E-state index in [1.807, 2.05) is 6.07 Å². The van der Waals surface area contributed by atoms with E-state index in [9.17, 15) is 0 Å². The highest BCUT2D eigenvalue weighted by molar-refractivity contribution is 6.23. The van der Waals surface area contributed by atoms with Crippen molar-refractivity contribution in [1.29, 1.82) is 0 Å². The van der Waals surface area contributed by atoms with E-state index in [4.69, 9.17) is 8.83 Å². The van der Waals surface area contributed by atoms with Crippen LogP contribution in [0, 0.1) is 5.92 Å². The molecule has 1 aliphatic heterocycles. The minimum Gasteiger partial charge on any atom is -0.456 e. The first-order valence-electron chi connectivity index (χ1n) is 18.5. The fourth-order valence-corrected chi connectivity index (χ4v) is 9.74. The largest absolute Gasteiger partial charge is 0.456 e. The molecule has 248 valence electrons. The molecule has 8 aromatic rings. The van der Waals surface area contributed by atoms with E-state index in [0.29, 0.717) is 0 Å². The Morgan fingerprint density at radius 2 is 1.38 bits per heavy atom. The lowest BCUT2D eigenvalue weighted by atomic mass is 9.84. The summed E-state index contributed by atoms with van der Waals surface area (Å²) in [6.45, 7) is 0. The van der Waals surface area contributed by atoms with Crippen molar-refractivity contribution in [2.24, 2.45) is 5.92 Å². The highest BCUT2D eigenvalue weighted by Crippen LogP contribution is 2.52. The van der Waals surface area contributed by atoms with Gasteiger partial charge in [-0.1, -0.05) is 109 Å². The van der Waals surface area contributed by atoms with Crippen molar-refractivity contribution in [2.45, 2.75) is 31.3 Å². The van der Waals surface area contributed by atoms with Gasteiger partial charge in [-0.05, 0) is 72.9 Å². The number of fused-ring (bicyclic) bond motifs is 13. The Hall–Kier alpha value is -6.26. The summed E-state index contributed by atoms with van der Waals surface area (Å²) >= 11 is 0. The van der Waals surface area contributed by atoms with E-state index >= 15 is 0 Å². The number of para-hydroxylation sites is 3. The van der Waals surface area contributed by atoms with E-state index in [1.54, 1.807) is 0 Å². The lowest BCUT2D eigenvalue weighted by Gasteiger charge is -2.31. The Balaban J connectivity index is 0.881. The molecule has 0 saturated carbocycles. The van der Waals surface area contributed by atoms with Crippen LogP contribution in [-0.4, -0.2) is 10.6 Å². The van der Waals surface area contributed by atoms with Crippen LogP contribution in [0.5, 0.6) is 0 Å². The Labute approximate surface area is 300 Å². The minimum atomic E-state index is 0.208. The monoisotopic (exact) mass is 670 g/mol. The first-order valence-corrected chi connectivity index (χ1v) is 18.5. The summed E-state index contributed by atoms with van der Waals surface area (Å²) in [5.41, 5.74) is 13.2. The summed E-state index contributed by atoms with van der Waals surface area (Å²) in [6, 6.07) is 39.8. The molecular weight excluding hydrogens is 637 g/mol. The van der Waals surface area contributed by atoms with Gasteiger partial charge in [0.1, 0.15) is 22.5 Å². The number of furan rings is 2. The Morgan fingerprint density at radius 3 is 2.23 bits per heavy atom. The molecule has 4 heterocycles. The smallest absolute Gasteiger partial charge is 0.145 e. The van der Waals surface area contributed by atoms with Crippen molar-refractivity contribution in [3.8, 4) is 0 Å². The van der Waals surface area contributed by atoms with Crippen LogP contribution in [0.4, 0.5) is 5.69 Å². The van der Waals surface area contributed by atoms with Crippen LogP contribution in [0.3, 0.4) is 0 Å². The Morgan fingerprint density at radius 1 is 0.615 bits per heavy atom. The zero-order valence-electron chi connectivity index (χ0n) is 28.5. The normalized spacial score (nSPS) is 20.8. The molecule has 0 saturated heterocycles. The molecule has 0 spiro atoms. The maximum atomic E-state index is 6.59. The van der Waals surface area contributed by atoms with Crippen LogP contribution < -0.4 is 4.90 Å². The van der Waals surface area contributed by atoms with Crippen molar-refractivity contribution in [2.75, 3.05) is 4.90 Å². The van der Waals surface area contributed by atoms with Crippen molar-refractivity contribution in [1.82, 2.24) is 4.57 Å². The van der Waals surface area contributed by atoms with Crippen LogP contribution in [0.1, 0.15) is 35.8 Å². The molecule has 0 amide bonds. The van der Waals surface area contributed by atoms with E-state index in [1.165, 1.54) is 71.6 Å². The molecule has 3 aliphatic carbocycles. The van der Waals surface area contributed by atoms with Crippen LogP contribution in [0.2, 0.25) is 0 Å². The number of benzene rings is 5. The van der Waals surface area contributed by atoms with Gasteiger partial charge in [0.25, 0.3) is 0 Å². The molecule has 52 heavy (non-hydrogen) atoms. The molecule has 3 aromatic heterocycles. The minimum absolute atomic E-state index is 0.208. The van der Waals surface area contributed by atoms with E-state index in [2.05, 4.69) is 155 Å². The van der Waals surface area contributed by atoms with Crippen molar-refractivity contribution in [3.05, 3.63) is 174 Å². The third-order valence-corrected chi connectivity index (χ3v) is 12.0. The number of allylic oxidation sites excluding steroid dienone is 7. The maximum absolute atomic E-state index is 6.59. The summed E-state index contributed by atoms with van der Waals surface area (Å²) in [5, 5.41) is 6.03. The highest BCUT2D eigenvalue weighted by atomic mass is 16.3. The van der Waals surface area contributed by atoms with Gasteiger partial charge in [-0.3, -0.25) is 0 Å². The maximum Gasteiger partial charge on any atom is 0.145 e. The quantitative estimate of drug-likeness (QED) is 0.188. The third kappa shape index (κ3) is 3.87. The first kappa shape index (κ1) is 28.4. The molecule has 0 fully saturated rings. The van der Waals surface area contributed by atoms with Crippen molar-refractivity contribution in [3.63, 3.8) is 0 Å². The van der Waals surface area contributed by atoms with Crippen LogP contribution >= 0.6 is 0 Å². The standard InChI is InChI=1S/C48H34N2O2/c1-5-13-39-37(11-1)45-41(27-25-35-33-9-3-7-15-43(33)51-47(35)45)49(39)31-21-17-29(18-22-31)30-19-23-32(24-20-30)50-40-14-6-2-12-38(40)46-42(50)28-26-36-34-10-4-8-16-44(34)52-48(36)46/h1-23,26,28,32,37,39H,24-25,27H2. The molecular formula is C48H34N2O2. The SMILES string of the molecule is C1=CC2C3=C(CCc4c3oc3ccccc43)N(c3ccc(C4=CCC(n5c6ccccc6c6c7oc8ccccc8c7ccc65)C=C4)cc3)C2C=C1. The summed E-state index contributed by atoms with van der Waals surface area (Å²) in [5.74, 6) is 1.37. The molecule has 3 unspecified atom stereocenters. The lowest BCUT2D eigenvalue weighted by Crippen LogP contribution is -2.32. The molecule has 4 heteroatoms. The molecule has 5 aromatic carbocycles. The summed E-state index contributed by atoms with van der Waals surface area (Å²) in [4.78, 5) is 2.57. The number of hydrogen-bond acceptors (Lipinski definition) is 3. The number of nitrogens with zero attached hydrogens (tertiary/aromatic N) is 2. The van der Waals surface area contributed by atoms with Gasteiger partial charge >= 0.3 is 0 Å². The number of hydrogen-bond donors (Lipinski definition) is 0. The Kier molecular flexibility index (Phi) is 5.81. The zero-order chi connectivity index (χ0) is 33.9. The van der Waals surface area contributed by atoms with Crippen LogP contribution in [-0.2, 0) is 6.42 Å². The Bertz CT molecular complexity index is 2960. The molecule has 0 N–H and O–H groups in total. The van der Waals surface area contributed by atoms with Crippen LogP contribution in [0.25, 0.3) is 65.9 Å². The van der Waals surface area contributed by atoms with Crippen molar-refractivity contribution >= 4 is 71.5 Å². The second-order valence-corrected chi connectivity index (χ2v) is 14.6. The fraction of sp³-hybridized carbons (Fsp3) is 0.125. The van der Waals surface area contributed by atoms with Crippen LogP contribution in [0.15, 0.2) is 166 Å². The fourth-order valence-electron chi connectivity index (χ4n) is 9.74. The molecule has 0 bridgehead atoms. The van der Waals surface area contributed by atoms with Crippen molar-refractivity contribution < 1.29 is 8.83 Å². The second kappa shape index (κ2) is 10.6. The van der Waals surface area contributed by atoms with Gasteiger partial charge in [0.2, 0.25) is 0 Å². The number of aryl methyl sites for hydroxylation is 1. The van der Waals surface area contributed by atoms with Gasteiger partial charge in [0.05, 0.1) is 23.0 Å². The number of rotatable bonds is 3.